The molecule has 134 valence electrons. The third-order valence-electron chi connectivity index (χ3n) is 4.01. The molecule has 1 atom stereocenters. The molecule has 0 spiro atoms. The van der Waals surface area contributed by atoms with Crippen LogP contribution in [0.4, 0.5) is 0 Å². The number of imidazole rings is 1. The van der Waals surface area contributed by atoms with Crippen LogP contribution in [-0.2, 0) is 7.05 Å². The predicted molar refractivity (Wildman–Crippen MR) is 105 cm³/mol. The number of hydrogen-bond donors (Lipinski definition) is 1. The van der Waals surface area contributed by atoms with Crippen molar-refractivity contribution in [3.63, 3.8) is 0 Å². The van der Waals surface area contributed by atoms with Gasteiger partial charge < -0.3 is 14.6 Å². The Labute approximate surface area is 165 Å². The van der Waals surface area contributed by atoms with Crippen molar-refractivity contribution in [2.75, 3.05) is 7.11 Å². The molecule has 0 aliphatic rings. The first-order valence-corrected chi connectivity index (χ1v) is 9.04. The van der Waals surface area contributed by atoms with Gasteiger partial charge in [-0.3, -0.25) is 4.79 Å². The van der Waals surface area contributed by atoms with E-state index in [1.54, 1.807) is 43.6 Å². The van der Waals surface area contributed by atoms with Gasteiger partial charge in [0.25, 0.3) is 5.91 Å². The zero-order valence-corrected chi connectivity index (χ0v) is 16.6. The third kappa shape index (κ3) is 3.92. The molecule has 3 rings (SSSR count). The average Bonchev–Trinajstić information content (AvgIpc) is 3.06. The van der Waals surface area contributed by atoms with Crippen LogP contribution in [0.1, 0.15) is 27.8 Å². The number of carbonyl (C=O) groups excluding carboxylic acids is 1. The molecule has 1 heterocycles. The van der Waals surface area contributed by atoms with E-state index in [2.05, 4.69) is 26.2 Å². The second-order valence-electron chi connectivity index (χ2n) is 5.70. The smallest absolute Gasteiger partial charge is 0.253 e. The number of nitrogens with zero attached hydrogens (tertiary/aromatic N) is 2. The van der Waals surface area contributed by atoms with Crippen LogP contribution in [0.2, 0.25) is 5.02 Å². The first-order chi connectivity index (χ1) is 12.5. The van der Waals surface area contributed by atoms with Crippen molar-refractivity contribution in [1.82, 2.24) is 14.9 Å². The summed E-state index contributed by atoms with van der Waals surface area (Å²) in [5.74, 6) is 1.09. The minimum Gasteiger partial charge on any atom is -0.497 e. The summed E-state index contributed by atoms with van der Waals surface area (Å²) in [6, 6.07) is 12.2. The van der Waals surface area contributed by atoms with Gasteiger partial charge in [-0.25, -0.2) is 4.98 Å². The van der Waals surface area contributed by atoms with Crippen LogP contribution < -0.4 is 10.1 Å². The van der Waals surface area contributed by atoms with E-state index in [-0.39, 0.29) is 5.91 Å². The third-order valence-corrected chi connectivity index (χ3v) is 4.96. The molecule has 7 heteroatoms. The summed E-state index contributed by atoms with van der Waals surface area (Å²) in [6.07, 6.45) is 3.54. The molecule has 1 aromatic heterocycles. The van der Waals surface area contributed by atoms with Crippen LogP contribution in [-0.4, -0.2) is 22.6 Å². The minimum absolute atomic E-state index is 0.237. The first-order valence-electron chi connectivity index (χ1n) is 7.86. The van der Waals surface area contributed by atoms with E-state index in [0.717, 1.165) is 11.4 Å². The van der Waals surface area contributed by atoms with E-state index >= 15 is 0 Å². The standard InChI is InChI=1S/C19H17BrClN3O2/c1-24-10-9-22-18(24)17(12-3-5-13(21)6-4-12)23-19(25)15-11-14(26-2)7-8-16(15)20/h3-11,17H,1-2H3,(H,23,25)/t17-/m1/s1. The van der Waals surface area contributed by atoms with Crippen molar-refractivity contribution in [1.29, 1.82) is 0 Å². The van der Waals surface area contributed by atoms with Crippen molar-refractivity contribution in [2.24, 2.45) is 7.05 Å². The summed E-state index contributed by atoms with van der Waals surface area (Å²) in [4.78, 5) is 17.3. The lowest BCUT2D eigenvalue weighted by molar-refractivity contribution is 0.0940. The van der Waals surface area contributed by atoms with Gasteiger partial charge in [0.2, 0.25) is 0 Å². The van der Waals surface area contributed by atoms with Crippen molar-refractivity contribution < 1.29 is 9.53 Å². The van der Waals surface area contributed by atoms with Gasteiger partial charge in [-0.15, -0.1) is 0 Å². The number of amides is 1. The molecule has 0 bridgehead atoms. The fourth-order valence-electron chi connectivity index (χ4n) is 2.62. The Kier molecular flexibility index (Phi) is 5.64. The van der Waals surface area contributed by atoms with Crippen molar-refractivity contribution in [3.8, 4) is 5.75 Å². The van der Waals surface area contributed by atoms with Gasteiger partial charge in [0, 0.05) is 28.9 Å². The Bertz CT molecular complexity index is 925. The number of hydrogen-bond acceptors (Lipinski definition) is 3. The van der Waals surface area contributed by atoms with Crippen LogP contribution >= 0.6 is 27.5 Å². The minimum atomic E-state index is -0.419. The number of halogens is 2. The van der Waals surface area contributed by atoms with Crippen LogP contribution in [0.25, 0.3) is 0 Å². The number of aryl methyl sites for hydroxylation is 1. The highest BCUT2D eigenvalue weighted by Crippen LogP contribution is 2.26. The summed E-state index contributed by atoms with van der Waals surface area (Å²) in [5.41, 5.74) is 1.37. The van der Waals surface area contributed by atoms with E-state index < -0.39 is 6.04 Å². The molecule has 0 saturated heterocycles. The van der Waals surface area contributed by atoms with Crippen LogP contribution in [0.15, 0.2) is 59.3 Å². The maximum Gasteiger partial charge on any atom is 0.253 e. The highest BCUT2D eigenvalue weighted by atomic mass is 79.9. The van der Waals surface area contributed by atoms with E-state index in [1.165, 1.54) is 0 Å². The maximum atomic E-state index is 12.9. The topological polar surface area (TPSA) is 56.1 Å². The number of nitrogens with one attached hydrogen (secondary N) is 1. The van der Waals surface area contributed by atoms with Crippen molar-refractivity contribution in [2.45, 2.75) is 6.04 Å². The Morgan fingerprint density at radius 2 is 2.00 bits per heavy atom. The molecule has 0 saturated carbocycles. The molecule has 26 heavy (non-hydrogen) atoms. The monoisotopic (exact) mass is 433 g/mol. The Morgan fingerprint density at radius 1 is 1.27 bits per heavy atom. The number of carbonyl (C=O) groups is 1. The molecule has 0 unspecified atom stereocenters. The quantitative estimate of drug-likeness (QED) is 0.649. The number of methoxy groups -OCH3 is 1. The average molecular weight is 435 g/mol. The van der Waals surface area contributed by atoms with E-state index in [1.807, 2.05) is 29.9 Å². The molecule has 3 aromatic rings. The molecule has 1 amide bonds. The molecule has 0 aliphatic heterocycles. The first kappa shape index (κ1) is 18.5. The fourth-order valence-corrected chi connectivity index (χ4v) is 3.17. The highest BCUT2D eigenvalue weighted by molar-refractivity contribution is 9.10. The predicted octanol–water partition coefficient (Wildman–Crippen LogP) is 4.36. The Hall–Kier alpha value is -2.31. The number of aromatic nitrogens is 2. The van der Waals surface area contributed by atoms with E-state index in [9.17, 15) is 4.79 Å². The summed E-state index contributed by atoms with van der Waals surface area (Å²) in [7, 11) is 3.45. The van der Waals surface area contributed by atoms with Gasteiger partial charge in [-0.05, 0) is 51.8 Å². The molecule has 0 radical (unpaired) electrons. The van der Waals surface area contributed by atoms with Gasteiger partial charge in [-0.2, -0.15) is 0 Å². The van der Waals surface area contributed by atoms with Gasteiger partial charge in [-0.1, -0.05) is 23.7 Å². The lowest BCUT2D eigenvalue weighted by Crippen LogP contribution is -2.31. The van der Waals surface area contributed by atoms with Gasteiger partial charge >= 0.3 is 0 Å². The van der Waals surface area contributed by atoms with Gasteiger partial charge in [0.05, 0.1) is 12.7 Å². The molecule has 0 fully saturated rings. The summed E-state index contributed by atoms with van der Waals surface area (Å²) in [5, 5.41) is 3.69. The summed E-state index contributed by atoms with van der Waals surface area (Å²) >= 11 is 9.42. The number of ether oxygens (including phenoxy) is 1. The highest BCUT2D eigenvalue weighted by Gasteiger charge is 2.22. The maximum absolute atomic E-state index is 12.9. The zero-order valence-electron chi connectivity index (χ0n) is 14.2. The lowest BCUT2D eigenvalue weighted by atomic mass is 10.1. The van der Waals surface area contributed by atoms with Gasteiger partial charge in [0.15, 0.2) is 0 Å². The zero-order chi connectivity index (χ0) is 18.7. The van der Waals surface area contributed by atoms with Crippen molar-refractivity contribution >= 4 is 33.4 Å². The Morgan fingerprint density at radius 3 is 2.62 bits per heavy atom. The molecule has 2 aromatic carbocycles. The number of rotatable bonds is 5. The second kappa shape index (κ2) is 7.93. The van der Waals surface area contributed by atoms with E-state index in [4.69, 9.17) is 16.3 Å². The van der Waals surface area contributed by atoms with Crippen LogP contribution in [0.5, 0.6) is 5.75 Å². The normalized spacial score (nSPS) is 11.8. The second-order valence-corrected chi connectivity index (χ2v) is 6.99. The molecular weight excluding hydrogens is 418 g/mol. The largest absolute Gasteiger partial charge is 0.497 e. The van der Waals surface area contributed by atoms with Crippen LogP contribution in [0, 0.1) is 0 Å². The Balaban J connectivity index is 1.97. The molecule has 5 nitrogen and oxygen atoms in total. The van der Waals surface area contributed by atoms with Gasteiger partial charge in [0.1, 0.15) is 17.6 Å². The summed E-state index contributed by atoms with van der Waals surface area (Å²) < 4.78 is 7.78. The molecule has 1 N–H and O–H groups in total. The van der Waals surface area contributed by atoms with Crippen molar-refractivity contribution in [3.05, 3.63) is 81.3 Å². The SMILES string of the molecule is COc1ccc(Br)c(C(=O)N[C@H](c2ccc(Cl)cc2)c2nccn2C)c1. The summed E-state index contributed by atoms with van der Waals surface area (Å²) in [6.45, 7) is 0. The number of benzene rings is 2. The molecular formula is C19H17BrClN3O2. The van der Waals surface area contributed by atoms with Crippen LogP contribution in [0.3, 0.4) is 0 Å². The lowest BCUT2D eigenvalue weighted by Gasteiger charge is -2.20. The van der Waals surface area contributed by atoms with E-state index in [0.29, 0.717) is 20.8 Å². The molecule has 0 aliphatic carbocycles. The fraction of sp³-hybridized carbons (Fsp3) is 0.158.